The summed E-state index contributed by atoms with van der Waals surface area (Å²) in [6, 6.07) is 18.4. The number of nitrogens with one attached hydrogen (secondary N) is 1. The predicted octanol–water partition coefficient (Wildman–Crippen LogP) is 4.44. The van der Waals surface area contributed by atoms with E-state index in [4.69, 9.17) is 0 Å². The Balaban J connectivity index is 1.18. The number of likely N-dealkylation sites (tertiary alicyclic amines) is 1. The summed E-state index contributed by atoms with van der Waals surface area (Å²) in [6.07, 6.45) is 4.68. The van der Waals surface area contributed by atoms with E-state index in [2.05, 4.69) is 30.8 Å². The molecule has 0 spiro atoms. The maximum Gasteiger partial charge on any atom is 0.350 e. The normalized spacial score (nSPS) is 14.8. The predicted molar refractivity (Wildman–Crippen MR) is 149 cm³/mol. The number of piperidine rings is 1. The Morgan fingerprint density at radius 3 is 2.50 bits per heavy atom. The Morgan fingerprint density at radius 1 is 1.00 bits per heavy atom. The van der Waals surface area contributed by atoms with Gasteiger partial charge in [0.15, 0.2) is 5.82 Å². The van der Waals surface area contributed by atoms with Crippen LogP contribution >= 0.6 is 0 Å². The van der Waals surface area contributed by atoms with Crippen LogP contribution in [0.1, 0.15) is 54.1 Å². The lowest BCUT2D eigenvalue weighted by molar-refractivity contribution is -0.114. The van der Waals surface area contributed by atoms with Gasteiger partial charge in [0.2, 0.25) is 5.91 Å². The minimum Gasteiger partial charge on any atom is -0.337 e. The summed E-state index contributed by atoms with van der Waals surface area (Å²) in [6.45, 7) is -0.474. The molecule has 1 fully saturated rings. The van der Waals surface area contributed by atoms with Gasteiger partial charge in [-0.25, -0.2) is 4.68 Å². The van der Waals surface area contributed by atoms with Gasteiger partial charge >= 0.3 is 6.55 Å². The summed E-state index contributed by atoms with van der Waals surface area (Å²) in [4.78, 5) is 31.3. The van der Waals surface area contributed by atoms with Crippen LogP contribution < -0.4 is 5.32 Å². The smallest absolute Gasteiger partial charge is 0.337 e. The number of fused-ring (bicyclic) bond motifs is 1. The molecule has 11 nitrogen and oxygen atoms in total. The molecule has 214 valence electrons. The number of alkyl halides is 2. The molecule has 0 bridgehead atoms. The topological polar surface area (TPSA) is 124 Å². The Kier molecular flexibility index (Phi) is 7.38. The van der Waals surface area contributed by atoms with Crippen molar-refractivity contribution in [1.29, 1.82) is 0 Å². The van der Waals surface area contributed by atoms with Crippen molar-refractivity contribution in [3.8, 4) is 5.69 Å². The first-order chi connectivity index (χ1) is 20.4. The molecular formula is C29H27F2N9O2. The lowest BCUT2D eigenvalue weighted by Crippen LogP contribution is -2.40. The number of anilines is 1. The summed E-state index contributed by atoms with van der Waals surface area (Å²) in [5.41, 5.74) is 3.31. The molecule has 1 N–H and O–H groups in total. The zero-order chi connectivity index (χ0) is 29.2. The molecule has 0 aliphatic carbocycles. The second-order valence-electron chi connectivity index (χ2n) is 10.2. The molecule has 1 atom stereocenters. The van der Waals surface area contributed by atoms with Gasteiger partial charge in [0.05, 0.1) is 17.1 Å². The van der Waals surface area contributed by atoms with Gasteiger partial charge < -0.3 is 10.2 Å². The average molecular weight is 572 g/mol. The van der Waals surface area contributed by atoms with Crippen molar-refractivity contribution in [2.45, 2.75) is 32.2 Å². The second kappa shape index (κ2) is 11.4. The van der Waals surface area contributed by atoms with Crippen molar-refractivity contribution in [2.24, 2.45) is 5.92 Å². The fourth-order valence-electron chi connectivity index (χ4n) is 5.45. The van der Waals surface area contributed by atoms with E-state index < -0.39 is 6.55 Å². The molecule has 6 rings (SSSR count). The van der Waals surface area contributed by atoms with Gasteiger partial charge in [0.1, 0.15) is 5.69 Å². The zero-order valence-corrected chi connectivity index (χ0v) is 22.6. The number of tetrazole rings is 1. The molecule has 1 saturated heterocycles. The van der Waals surface area contributed by atoms with Crippen LogP contribution in [-0.4, -0.2) is 64.8 Å². The molecule has 2 amide bonds. The molecule has 4 heterocycles. The van der Waals surface area contributed by atoms with Gasteiger partial charge in [-0.05, 0) is 59.9 Å². The van der Waals surface area contributed by atoms with Crippen molar-refractivity contribution in [3.63, 3.8) is 0 Å². The zero-order valence-electron chi connectivity index (χ0n) is 22.6. The number of benzene rings is 2. The minimum atomic E-state index is -2.87. The number of carbonyl (C=O) groups is 2. The third-order valence-electron chi connectivity index (χ3n) is 7.41. The summed E-state index contributed by atoms with van der Waals surface area (Å²) in [5.74, 6) is -0.397. The summed E-state index contributed by atoms with van der Waals surface area (Å²) in [5, 5.41) is 19.6. The van der Waals surface area contributed by atoms with E-state index in [0.29, 0.717) is 47.8 Å². The monoisotopic (exact) mass is 571 g/mol. The van der Waals surface area contributed by atoms with Gasteiger partial charge in [0, 0.05) is 43.5 Å². The SMILES string of the molecule is CC(=O)Nc1ccc2nn(-c3ccnc(C(=O)N4CCC(C(c5ccccc5)c5nnn(C(F)F)n5)CC4)c3)cc2c1. The highest BCUT2D eigenvalue weighted by Crippen LogP contribution is 2.36. The highest BCUT2D eigenvalue weighted by atomic mass is 19.3. The average Bonchev–Trinajstić information content (AvgIpc) is 3.66. The second-order valence-corrected chi connectivity index (χ2v) is 10.2. The molecule has 3 aromatic heterocycles. The number of rotatable bonds is 7. The van der Waals surface area contributed by atoms with Crippen LogP contribution in [0.15, 0.2) is 73.1 Å². The first-order valence-electron chi connectivity index (χ1n) is 13.5. The fourth-order valence-corrected chi connectivity index (χ4v) is 5.45. The van der Waals surface area contributed by atoms with Gasteiger partial charge in [-0.15, -0.1) is 10.2 Å². The number of hydrogen-bond donors (Lipinski definition) is 1. The lowest BCUT2D eigenvalue weighted by atomic mass is 9.79. The van der Waals surface area contributed by atoms with Crippen LogP contribution in [0.25, 0.3) is 16.6 Å². The molecule has 1 unspecified atom stereocenters. The van der Waals surface area contributed by atoms with Crippen LogP contribution in [-0.2, 0) is 4.79 Å². The van der Waals surface area contributed by atoms with Crippen LogP contribution in [0.2, 0.25) is 0 Å². The molecular weight excluding hydrogens is 544 g/mol. The summed E-state index contributed by atoms with van der Waals surface area (Å²) >= 11 is 0. The molecule has 1 aliphatic rings. The Hall–Kier alpha value is -5.07. The van der Waals surface area contributed by atoms with E-state index in [0.717, 1.165) is 16.5 Å². The quantitative estimate of drug-likeness (QED) is 0.306. The minimum absolute atomic E-state index is 0.0324. The summed E-state index contributed by atoms with van der Waals surface area (Å²) in [7, 11) is 0. The third-order valence-corrected chi connectivity index (χ3v) is 7.41. The number of halogens is 2. The van der Waals surface area contributed by atoms with Crippen molar-refractivity contribution in [1.82, 2.24) is 39.9 Å². The van der Waals surface area contributed by atoms with Crippen LogP contribution in [0, 0.1) is 5.92 Å². The van der Waals surface area contributed by atoms with Crippen molar-refractivity contribution in [3.05, 3.63) is 90.1 Å². The number of aromatic nitrogens is 7. The first kappa shape index (κ1) is 27.1. The van der Waals surface area contributed by atoms with Gasteiger partial charge in [-0.3, -0.25) is 14.6 Å². The third kappa shape index (κ3) is 5.57. The maximum absolute atomic E-state index is 13.5. The van der Waals surface area contributed by atoms with Gasteiger partial charge in [0.25, 0.3) is 5.91 Å². The van der Waals surface area contributed by atoms with E-state index in [-0.39, 0.29) is 29.5 Å². The van der Waals surface area contributed by atoms with E-state index in [1.807, 2.05) is 48.7 Å². The van der Waals surface area contributed by atoms with Crippen LogP contribution in [0.3, 0.4) is 0 Å². The number of hydrogen-bond acceptors (Lipinski definition) is 7. The number of nitrogens with zero attached hydrogens (tertiary/aromatic N) is 8. The Labute approximate surface area is 239 Å². The highest BCUT2D eigenvalue weighted by molar-refractivity contribution is 5.93. The number of carbonyl (C=O) groups excluding carboxylic acids is 2. The highest BCUT2D eigenvalue weighted by Gasteiger charge is 2.34. The van der Waals surface area contributed by atoms with Crippen LogP contribution in [0.4, 0.5) is 14.5 Å². The first-order valence-corrected chi connectivity index (χ1v) is 13.5. The molecule has 5 aromatic rings. The van der Waals surface area contributed by atoms with E-state index in [9.17, 15) is 18.4 Å². The largest absolute Gasteiger partial charge is 0.350 e. The van der Waals surface area contributed by atoms with E-state index in [1.165, 1.54) is 6.92 Å². The molecule has 0 radical (unpaired) electrons. The van der Waals surface area contributed by atoms with Crippen molar-refractivity contribution < 1.29 is 18.4 Å². The van der Waals surface area contributed by atoms with Crippen LogP contribution in [0.5, 0.6) is 0 Å². The molecule has 1 aliphatic heterocycles. The maximum atomic E-state index is 13.5. The van der Waals surface area contributed by atoms with Gasteiger partial charge in [-0.2, -0.15) is 13.9 Å². The molecule has 2 aromatic carbocycles. The standard InChI is InChI=1S/C29H27F2N9O2/c1-18(41)33-22-7-8-24-21(15-22)17-39(35-24)23-9-12-32-25(16-23)28(42)38-13-10-20(11-14-38)26(19-5-3-2-4-6-19)27-34-37-40(36-27)29(30)31/h2-9,12,15-17,20,26,29H,10-11,13-14H2,1H3,(H,33,41). The van der Waals surface area contributed by atoms with Gasteiger partial charge in [-0.1, -0.05) is 35.1 Å². The molecule has 42 heavy (non-hydrogen) atoms. The Morgan fingerprint density at radius 2 is 1.79 bits per heavy atom. The van der Waals surface area contributed by atoms with E-state index in [1.54, 1.807) is 34.0 Å². The summed E-state index contributed by atoms with van der Waals surface area (Å²) < 4.78 is 28.0. The van der Waals surface area contributed by atoms with Crippen molar-refractivity contribution in [2.75, 3.05) is 18.4 Å². The van der Waals surface area contributed by atoms with Crippen molar-refractivity contribution >= 4 is 28.4 Å². The fraction of sp³-hybridized carbons (Fsp3) is 0.276. The molecule has 13 heteroatoms. The van der Waals surface area contributed by atoms with E-state index >= 15 is 0 Å². The lowest BCUT2D eigenvalue weighted by Gasteiger charge is -2.35. The molecule has 0 saturated carbocycles. The number of amides is 2. The Bertz CT molecular complexity index is 1730. The number of pyridine rings is 1.